The van der Waals surface area contributed by atoms with Gasteiger partial charge in [-0.15, -0.1) is 0 Å². The van der Waals surface area contributed by atoms with Crippen molar-refractivity contribution in [1.82, 2.24) is 10.6 Å². The molecule has 1 amide bonds. The zero-order valence-corrected chi connectivity index (χ0v) is 10.3. The lowest BCUT2D eigenvalue weighted by Gasteiger charge is -2.16. The largest absolute Gasteiger partial charge is 0.358 e. The Kier molecular flexibility index (Phi) is 5.29. The Labute approximate surface area is 101 Å². The molecule has 16 heavy (non-hydrogen) atoms. The molecule has 1 unspecified atom stereocenters. The van der Waals surface area contributed by atoms with E-state index in [0.717, 1.165) is 17.0 Å². The first-order valence-corrected chi connectivity index (χ1v) is 5.74. The van der Waals surface area contributed by atoms with E-state index in [1.165, 1.54) is 0 Å². The number of amides is 1. The van der Waals surface area contributed by atoms with E-state index in [9.17, 15) is 4.79 Å². The zero-order valence-electron chi connectivity index (χ0n) is 9.59. The van der Waals surface area contributed by atoms with Gasteiger partial charge in [-0.2, -0.15) is 0 Å². The second kappa shape index (κ2) is 6.51. The Morgan fingerprint density at radius 1 is 1.38 bits per heavy atom. The molecule has 0 aliphatic carbocycles. The zero-order chi connectivity index (χ0) is 12.0. The highest BCUT2D eigenvalue weighted by atomic mass is 35.5. The van der Waals surface area contributed by atoms with Crippen LogP contribution in [0.1, 0.15) is 24.9 Å². The molecule has 0 saturated carbocycles. The number of carbonyl (C=O) groups excluding carboxylic acids is 1. The maximum atomic E-state index is 11.1. The molecule has 2 N–H and O–H groups in total. The summed E-state index contributed by atoms with van der Waals surface area (Å²) >= 11 is 5.82. The van der Waals surface area contributed by atoms with Gasteiger partial charge < -0.3 is 10.6 Å². The Morgan fingerprint density at radius 2 is 2.00 bits per heavy atom. The van der Waals surface area contributed by atoms with Gasteiger partial charge in [0.15, 0.2) is 0 Å². The second-order valence-corrected chi connectivity index (χ2v) is 4.00. The normalized spacial score (nSPS) is 12.2. The third kappa shape index (κ3) is 3.83. The Hall–Kier alpha value is -1.06. The summed E-state index contributed by atoms with van der Waals surface area (Å²) in [6.45, 7) is 2.41. The van der Waals surface area contributed by atoms with Crippen molar-refractivity contribution in [2.45, 2.75) is 19.4 Å². The second-order valence-electron chi connectivity index (χ2n) is 3.57. The van der Waals surface area contributed by atoms with Gasteiger partial charge in [0.2, 0.25) is 5.91 Å². The molecule has 1 atom stereocenters. The summed E-state index contributed by atoms with van der Waals surface area (Å²) in [5.74, 6) is -0.00702. The first-order chi connectivity index (χ1) is 7.67. The van der Waals surface area contributed by atoms with Crippen molar-refractivity contribution < 1.29 is 4.79 Å². The molecule has 0 spiro atoms. The van der Waals surface area contributed by atoms with Crippen molar-refractivity contribution in [3.63, 3.8) is 0 Å². The monoisotopic (exact) mass is 240 g/mol. The number of benzene rings is 1. The molecule has 1 aromatic carbocycles. The molecule has 0 heterocycles. The lowest BCUT2D eigenvalue weighted by atomic mass is 10.0. The summed E-state index contributed by atoms with van der Waals surface area (Å²) in [5.41, 5.74) is 1.15. The first-order valence-electron chi connectivity index (χ1n) is 5.36. The molecule has 4 heteroatoms. The van der Waals surface area contributed by atoms with Crippen LogP contribution in [0.4, 0.5) is 0 Å². The van der Waals surface area contributed by atoms with E-state index in [1.807, 2.05) is 24.3 Å². The summed E-state index contributed by atoms with van der Waals surface area (Å²) in [6.07, 6.45) is 0.929. The number of halogens is 1. The van der Waals surface area contributed by atoms with E-state index in [2.05, 4.69) is 17.6 Å². The van der Waals surface area contributed by atoms with Gasteiger partial charge in [0.05, 0.1) is 6.54 Å². The van der Waals surface area contributed by atoms with Crippen LogP contribution < -0.4 is 10.6 Å². The predicted octanol–water partition coefficient (Wildman–Crippen LogP) is 2.13. The van der Waals surface area contributed by atoms with Gasteiger partial charge in [-0.25, -0.2) is 0 Å². The maximum Gasteiger partial charge on any atom is 0.233 e. The third-order valence-corrected chi connectivity index (χ3v) is 2.72. The Morgan fingerprint density at radius 3 is 2.50 bits per heavy atom. The molecule has 88 valence electrons. The number of carbonyl (C=O) groups is 1. The molecular formula is C12H17ClN2O. The van der Waals surface area contributed by atoms with Crippen molar-refractivity contribution in [1.29, 1.82) is 0 Å². The molecule has 1 aromatic rings. The van der Waals surface area contributed by atoms with Crippen molar-refractivity contribution in [3.05, 3.63) is 34.9 Å². The van der Waals surface area contributed by atoms with Crippen LogP contribution in [-0.4, -0.2) is 19.5 Å². The summed E-state index contributed by atoms with van der Waals surface area (Å²) in [5, 5.41) is 6.51. The molecule has 0 saturated heterocycles. The van der Waals surface area contributed by atoms with Crippen LogP contribution in [0.5, 0.6) is 0 Å². The summed E-state index contributed by atoms with van der Waals surface area (Å²) in [4.78, 5) is 11.1. The standard InChI is InChI=1S/C12H17ClN2O/c1-3-11(15-8-12(16)14-2)9-4-6-10(13)7-5-9/h4-7,11,15H,3,8H2,1-2H3,(H,14,16). The topological polar surface area (TPSA) is 41.1 Å². The highest BCUT2D eigenvalue weighted by molar-refractivity contribution is 6.30. The fourth-order valence-electron chi connectivity index (χ4n) is 1.50. The lowest BCUT2D eigenvalue weighted by molar-refractivity contribution is -0.119. The fraction of sp³-hybridized carbons (Fsp3) is 0.417. The minimum absolute atomic E-state index is 0.00702. The van der Waals surface area contributed by atoms with Gasteiger partial charge in [-0.05, 0) is 24.1 Å². The van der Waals surface area contributed by atoms with Gasteiger partial charge >= 0.3 is 0 Å². The summed E-state index contributed by atoms with van der Waals surface area (Å²) in [7, 11) is 1.63. The van der Waals surface area contributed by atoms with Gasteiger partial charge in [0, 0.05) is 18.1 Å². The summed E-state index contributed by atoms with van der Waals surface area (Å²) in [6, 6.07) is 7.87. The maximum absolute atomic E-state index is 11.1. The smallest absolute Gasteiger partial charge is 0.233 e. The van der Waals surface area contributed by atoms with Crippen molar-refractivity contribution in [2.24, 2.45) is 0 Å². The van der Waals surface area contributed by atoms with Crippen LogP contribution in [0, 0.1) is 0 Å². The van der Waals surface area contributed by atoms with Crippen LogP contribution in [0.3, 0.4) is 0 Å². The number of hydrogen-bond acceptors (Lipinski definition) is 2. The van der Waals surface area contributed by atoms with Gasteiger partial charge in [-0.1, -0.05) is 30.7 Å². The van der Waals surface area contributed by atoms with Crippen LogP contribution in [0.2, 0.25) is 5.02 Å². The Balaban J connectivity index is 2.60. The van der Waals surface area contributed by atoms with Crippen LogP contribution in [0.15, 0.2) is 24.3 Å². The van der Waals surface area contributed by atoms with Crippen molar-refractivity contribution in [2.75, 3.05) is 13.6 Å². The van der Waals surface area contributed by atoms with Crippen molar-refractivity contribution in [3.8, 4) is 0 Å². The first kappa shape index (κ1) is 13.0. The molecule has 0 bridgehead atoms. The van der Waals surface area contributed by atoms with Crippen LogP contribution in [0.25, 0.3) is 0 Å². The highest BCUT2D eigenvalue weighted by Crippen LogP contribution is 2.18. The minimum atomic E-state index is -0.00702. The average molecular weight is 241 g/mol. The van der Waals surface area contributed by atoms with Gasteiger partial charge in [0.25, 0.3) is 0 Å². The average Bonchev–Trinajstić information content (AvgIpc) is 2.31. The number of likely N-dealkylation sites (N-methyl/N-ethyl adjacent to an activating group) is 1. The SMILES string of the molecule is CCC(NCC(=O)NC)c1ccc(Cl)cc1. The van der Waals surface area contributed by atoms with E-state index in [1.54, 1.807) is 7.05 Å². The molecule has 1 rings (SSSR count). The van der Waals surface area contributed by atoms with Crippen molar-refractivity contribution >= 4 is 17.5 Å². The van der Waals surface area contributed by atoms with E-state index in [4.69, 9.17) is 11.6 Å². The van der Waals surface area contributed by atoms with Gasteiger partial charge in [-0.3, -0.25) is 4.79 Å². The number of rotatable bonds is 5. The van der Waals surface area contributed by atoms with E-state index in [0.29, 0.717) is 6.54 Å². The highest BCUT2D eigenvalue weighted by Gasteiger charge is 2.09. The molecule has 0 radical (unpaired) electrons. The third-order valence-electron chi connectivity index (χ3n) is 2.47. The predicted molar refractivity (Wildman–Crippen MR) is 66.6 cm³/mol. The molecule has 0 fully saturated rings. The van der Waals surface area contributed by atoms with E-state index < -0.39 is 0 Å². The lowest BCUT2D eigenvalue weighted by Crippen LogP contribution is -2.33. The van der Waals surface area contributed by atoms with E-state index in [-0.39, 0.29) is 11.9 Å². The molecule has 0 aromatic heterocycles. The molecule has 0 aliphatic rings. The Bertz CT molecular complexity index is 337. The molecule has 3 nitrogen and oxygen atoms in total. The van der Waals surface area contributed by atoms with E-state index >= 15 is 0 Å². The molecule has 0 aliphatic heterocycles. The molecular weight excluding hydrogens is 224 g/mol. The van der Waals surface area contributed by atoms with Crippen LogP contribution in [-0.2, 0) is 4.79 Å². The number of hydrogen-bond donors (Lipinski definition) is 2. The van der Waals surface area contributed by atoms with Crippen LogP contribution >= 0.6 is 11.6 Å². The van der Waals surface area contributed by atoms with Gasteiger partial charge in [0.1, 0.15) is 0 Å². The minimum Gasteiger partial charge on any atom is -0.358 e. The summed E-state index contributed by atoms with van der Waals surface area (Å²) < 4.78 is 0. The fourth-order valence-corrected chi connectivity index (χ4v) is 1.62. The quantitative estimate of drug-likeness (QED) is 0.828. The number of nitrogens with one attached hydrogen (secondary N) is 2.